The van der Waals surface area contributed by atoms with Gasteiger partial charge >= 0.3 is 0 Å². The number of nitrogens with one attached hydrogen (secondary N) is 1. The number of rotatable bonds is 7. The van der Waals surface area contributed by atoms with Crippen LogP contribution in [0.25, 0.3) is 44.3 Å². The van der Waals surface area contributed by atoms with Crippen LogP contribution >= 0.6 is 0 Å². The largest absolute Gasteiger partial charge is 0.455 e. The summed E-state index contributed by atoms with van der Waals surface area (Å²) >= 11 is 0. The smallest absolute Gasteiger partial charge is 0.261 e. The van der Waals surface area contributed by atoms with Gasteiger partial charge in [0.15, 0.2) is 0 Å². The summed E-state index contributed by atoms with van der Waals surface area (Å²) in [6.07, 6.45) is 2.63. The average molecular weight is 628 g/mol. The highest BCUT2D eigenvalue weighted by Gasteiger charge is 2.25. The third-order valence-corrected chi connectivity index (χ3v) is 8.62. The van der Waals surface area contributed by atoms with E-state index in [4.69, 9.17) is 4.42 Å². The first-order chi connectivity index (χ1) is 21.5. The standard InChI is InChI=1S/C33H27F2N5O4S/c1-18-38-27-12-7-20(13-25(27)33(42)40(18)17-23-11-10-22(35)16-37-23)24-14-26-29(15-28(24)39(3)45(4)43)44-31(30(26)32(41)36-2)19-5-8-21(34)9-6-19/h5-16H,17H2,1-4H3,(H,36,41). The van der Waals surface area contributed by atoms with Crippen LogP contribution in [0.4, 0.5) is 14.5 Å². The van der Waals surface area contributed by atoms with Crippen molar-refractivity contribution in [3.05, 3.63) is 112 Å². The molecule has 3 aromatic heterocycles. The number of hydrogen-bond acceptors (Lipinski definition) is 6. The first-order valence-electron chi connectivity index (χ1n) is 13.8. The van der Waals surface area contributed by atoms with Crippen molar-refractivity contribution in [3.63, 3.8) is 0 Å². The Morgan fingerprint density at radius 2 is 1.71 bits per heavy atom. The number of carbonyl (C=O) groups is 1. The minimum atomic E-state index is -1.44. The van der Waals surface area contributed by atoms with E-state index in [-0.39, 0.29) is 23.4 Å². The van der Waals surface area contributed by atoms with Crippen LogP contribution in [0.5, 0.6) is 0 Å². The van der Waals surface area contributed by atoms with Gasteiger partial charge < -0.3 is 9.73 Å². The number of aromatic nitrogens is 3. The fourth-order valence-electron chi connectivity index (χ4n) is 5.26. The quantitative estimate of drug-likeness (QED) is 0.247. The van der Waals surface area contributed by atoms with Crippen LogP contribution in [0.3, 0.4) is 0 Å². The topological polar surface area (TPSA) is 110 Å². The number of fused-ring (bicyclic) bond motifs is 2. The minimum absolute atomic E-state index is 0.101. The number of nitrogens with zero attached hydrogens (tertiary/aromatic N) is 4. The summed E-state index contributed by atoms with van der Waals surface area (Å²) in [5.74, 6) is -0.590. The summed E-state index contributed by atoms with van der Waals surface area (Å²) < 4.78 is 49.1. The maximum atomic E-state index is 13.8. The number of carbonyl (C=O) groups excluding carboxylic acids is 1. The molecule has 1 unspecified atom stereocenters. The van der Waals surface area contributed by atoms with Gasteiger partial charge in [0, 0.05) is 42.9 Å². The Labute approximate surface area is 258 Å². The number of benzene rings is 3. The van der Waals surface area contributed by atoms with Crippen molar-refractivity contribution in [2.45, 2.75) is 13.5 Å². The van der Waals surface area contributed by atoms with E-state index in [1.807, 2.05) is 0 Å². The van der Waals surface area contributed by atoms with Gasteiger partial charge in [-0.1, -0.05) is 6.07 Å². The van der Waals surface area contributed by atoms with E-state index in [0.717, 1.165) is 6.20 Å². The number of amides is 1. The Bertz CT molecular complexity index is 2200. The Morgan fingerprint density at radius 3 is 2.38 bits per heavy atom. The molecular weight excluding hydrogens is 600 g/mol. The zero-order chi connectivity index (χ0) is 32.0. The average Bonchev–Trinajstić information content (AvgIpc) is 3.41. The lowest BCUT2D eigenvalue weighted by atomic mass is 9.97. The number of aryl methyl sites for hydroxylation is 1. The maximum absolute atomic E-state index is 13.8. The van der Waals surface area contributed by atoms with Gasteiger partial charge in [0.1, 0.15) is 39.8 Å². The zero-order valence-electron chi connectivity index (χ0n) is 24.7. The van der Waals surface area contributed by atoms with Crippen molar-refractivity contribution in [2.75, 3.05) is 24.7 Å². The Kier molecular flexibility index (Phi) is 7.75. The second-order valence-electron chi connectivity index (χ2n) is 10.4. The number of halogens is 2. The Hall–Kier alpha value is -5.23. The number of hydrogen-bond donors (Lipinski definition) is 1. The van der Waals surface area contributed by atoms with Gasteiger partial charge in [0.05, 0.1) is 40.6 Å². The van der Waals surface area contributed by atoms with Crippen LogP contribution in [-0.4, -0.2) is 45.0 Å². The van der Waals surface area contributed by atoms with Gasteiger partial charge in [-0.3, -0.25) is 23.4 Å². The molecule has 6 rings (SSSR count). The van der Waals surface area contributed by atoms with E-state index in [0.29, 0.717) is 55.8 Å². The molecule has 0 radical (unpaired) electrons. The van der Waals surface area contributed by atoms with Gasteiger partial charge in [0.25, 0.3) is 11.5 Å². The highest BCUT2D eigenvalue weighted by atomic mass is 32.2. The molecule has 0 bridgehead atoms. The molecule has 1 amide bonds. The van der Waals surface area contributed by atoms with Crippen molar-refractivity contribution in [1.29, 1.82) is 0 Å². The number of pyridine rings is 1. The first kappa shape index (κ1) is 29.8. The molecule has 1 atom stereocenters. The molecule has 0 aliphatic rings. The predicted octanol–water partition coefficient (Wildman–Crippen LogP) is 5.60. The van der Waals surface area contributed by atoms with Gasteiger partial charge in [-0.25, -0.2) is 18.0 Å². The first-order valence-corrected chi connectivity index (χ1v) is 15.3. The molecule has 1 N–H and O–H groups in total. The third-order valence-electron chi connectivity index (χ3n) is 7.66. The highest BCUT2D eigenvalue weighted by Crippen LogP contribution is 2.41. The summed E-state index contributed by atoms with van der Waals surface area (Å²) in [5.41, 5.74) is 3.50. The molecular formula is C33H27F2N5O4S. The lowest BCUT2D eigenvalue weighted by Gasteiger charge is -2.20. The van der Waals surface area contributed by atoms with Crippen LogP contribution in [0, 0.1) is 18.6 Å². The van der Waals surface area contributed by atoms with Gasteiger partial charge in [-0.05, 0) is 67.1 Å². The summed E-state index contributed by atoms with van der Waals surface area (Å²) in [7, 11) is 1.73. The van der Waals surface area contributed by atoms with Crippen LogP contribution in [0.2, 0.25) is 0 Å². The monoisotopic (exact) mass is 627 g/mol. The third kappa shape index (κ3) is 5.48. The Morgan fingerprint density at radius 1 is 1.00 bits per heavy atom. The normalized spacial score (nSPS) is 12.0. The lowest BCUT2D eigenvalue weighted by molar-refractivity contribution is 0.0964. The van der Waals surface area contributed by atoms with Crippen molar-refractivity contribution >= 4 is 44.5 Å². The summed E-state index contributed by atoms with van der Waals surface area (Å²) in [4.78, 5) is 35.7. The van der Waals surface area contributed by atoms with E-state index in [2.05, 4.69) is 15.3 Å². The molecule has 12 heteroatoms. The SMILES string of the molecule is CNC(=O)c1c(-c2ccc(F)cc2)oc2cc(N(C)S(C)=O)c(-c3ccc4nc(C)n(Cc5ccc(F)cn5)c(=O)c4c3)cc12. The van der Waals surface area contributed by atoms with Crippen molar-refractivity contribution in [3.8, 4) is 22.5 Å². The van der Waals surface area contributed by atoms with E-state index in [9.17, 15) is 22.6 Å². The van der Waals surface area contributed by atoms with Crippen molar-refractivity contribution in [2.24, 2.45) is 0 Å². The predicted molar refractivity (Wildman–Crippen MR) is 170 cm³/mol. The van der Waals surface area contributed by atoms with Gasteiger partial charge in [0.2, 0.25) is 0 Å². The molecule has 0 fully saturated rings. The number of furan rings is 1. The summed E-state index contributed by atoms with van der Waals surface area (Å²) in [6, 6.07) is 17.1. The van der Waals surface area contributed by atoms with Crippen LogP contribution in [0.1, 0.15) is 21.9 Å². The molecule has 3 aromatic carbocycles. The van der Waals surface area contributed by atoms with Gasteiger partial charge in [-0.2, -0.15) is 0 Å². The number of anilines is 1. The molecule has 3 heterocycles. The molecule has 0 aliphatic carbocycles. The second-order valence-corrected chi connectivity index (χ2v) is 11.8. The molecule has 0 saturated heterocycles. The summed E-state index contributed by atoms with van der Waals surface area (Å²) in [5, 5.41) is 3.46. The fraction of sp³-hybridized carbons (Fsp3) is 0.152. The van der Waals surface area contributed by atoms with Gasteiger partial charge in [-0.15, -0.1) is 0 Å². The van der Waals surface area contributed by atoms with Crippen molar-refractivity contribution in [1.82, 2.24) is 19.9 Å². The van der Waals surface area contributed by atoms with E-state index >= 15 is 0 Å². The fourth-order valence-corrected chi connectivity index (χ4v) is 5.69. The van der Waals surface area contributed by atoms with Crippen LogP contribution < -0.4 is 15.2 Å². The highest BCUT2D eigenvalue weighted by molar-refractivity contribution is 7.85. The Balaban J connectivity index is 1.58. The van der Waals surface area contributed by atoms with Crippen LogP contribution in [0.15, 0.2) is 82.1 Å². The molecule has 0 saturated carbocycles. The maximum Gasteiger partial charge on any atom is 0.261 e. The minimum Gasteiger partial charge on any atom is -0.455 e. The lowest BCUT2D eigenvalue weighted by Crippen LogP contribution is -2.25. The molecule has 0 aliphatic heterocycles. The molecule has 9 nitrogen and oxygen atoms in total. The molecule has 0 spiro atoms. The van der Waals surface area contributed by atoms with E-state index in [1.54, 1.807) is 48.6 Å². The van der Waals surface area contributed by atoms with Crippen molar-refractivity contribution < 1.29 is 22.2 Å². The van der Waals surface area contributed by atoms with E-state index in [1.165, 1.54) is 54.3 Å². The molecule has 6 aromatic rings. The molecule has 45 heavy (non-hydrogen) atoms. The van der Waals surface area contributed by atoms with Crippen LogP contribution in [-0.2, 0) is 17.5 Å². The second kappa shape index (κ2) is 11.7. The summed E-state index contributed by atoms with van der Waals surface area (Å²) in [6.45, 7) is 1.82. The zero-order valence-corrected chi connectivity index (χ0v) is 25.5. The van der Waals surface area contributed by atoms with E-state index < -0.39 is 28.5 Å². The molecule has 228 valence electrons.